The Kier molecular flexibility index (Phi) is 4.40. The highest BCUT2D eigenvalue weighted by Crippen LogP contribution is 2.32. The van der Waals surface area contributed by atoms with Crippen LogP contribution in [0.1, 0.15) is 19.8 Å². The Morgan fingerprint density at radius 3 is 2.94 bits per heavy atom. The molecule has 1 saturated carbocycles. The first-order valence-corrected chi connectivity index (χ1v) is 6.77. The molecular weight excluding hydrogens is 285 g/mol. The fourth-order valence-corrected chi connectivity index (χ4v) is 2.03. The van der Waals surface area contributed by atoms with Crippen LogP contribution in [0.2, 0.25) is 0 Å². The normalized spacial score (nSPS) is 16.9. The number of nitrogens with one attached hydrogen (secondary N) is 1. The van der Waals surface area contributed by atoms with Crippen molar-refractivity contribution in [2.24, 2.45) is 5.92 Å². The Morgan fingerprint density at radius 1 is 1.53 bits per heavy atom. The van der Waals surface area contributed by atoms with Gasteiger partial charge in [0.15, 0.2) is 0 Å². The van der Waals surface area contributed by atoms with E-state index in [0.29, 0.717) is 22.9 Å². The van der Waals surface area contributed by atoms with Gasteiger partial charge in [0.1, 0.15) is 18.2 Å². The quantitative estimate of drug-likeness (QED) is 0.814. The molecule has 1 aromatic carbocycles. The molecule has 1 aliphatic rings. The molecule has 2 nitrogen and oxygen atoms in total. The zero-order valence-electron chi connectivity index (χ0n) is 9.88. The number of ether oxygens (including phenoxy) is 1. The first-order valence-electron chi connectivity index (χ1n) is 5.98. The minimum atomic E-state index is -0.290. The molecule has 1 unspecified atom stereocenters. The highest BCUT2D eigenvalue weighted by atomic mass is 79.9. The minimum absolute atomic E-state index is 0.290. The molecule has 0 aromatic heterocycles. The van der Waals surface area contributed by atoms with E-state index in [1.165, 1.54) is 18.9 Å². The van der Waals surface area contributed by atoms with E-state index in [2.05, 4.69) is 28.2 Å². The zero-order valence-corrected chi connectivity index (χ0v) is 11.5. The van der Waals surface area contributed by atoms with Gasteiger partial charge in [-0.1, -0.05) is 0 Å². The molecule has 0 aliphatic heterocycles. The van der Waals surface area contributed by atoms with Crippen molar-refractivity contribution in [1.29, 1.82) is 0 Å². The summed E-state index contributed by atoms with van der Waals surface area (Å²) in [6, 6.07) is 5.39. The van der Waals surface area contributed by atoms with Crippen LogP contribution in [0.15, 0.2) is 22.7 Å². The van der Waals surface area contributed by atoms with Crippen molar-refractivity contribution < 1.29 is 9.13 Å². The van der Waals surface area contributed by atoms with Gasteiger partial charge in [-0.2, -0.15) is 0 Å². The lowest BCUT2D eigenvalue weighted by Gasteiger charge is -2.13. The van der Waals surface area contributed by atoms with Crippen LogP contribution in [0.25, 0.3) is 0 Å². The summed E-state index contributed by atoms with van der Waals surface area (Å²) in [6.07, 6.45) is 2.68. The summed E-state index contributed by atoms with van der Waals surface area (Å²) < 4.78 is 19.1. The van der Waals surface area contributed by atoms with Crippen molar-refractivity contribution in [2.45, 2.75) is 25.8 Å². The van der Waals surface area contributed by atoms with Crippen molar-refractivity contribution in [1.82, 2.24) is 5.32 Å². The molecule has 0 amide bonds. The largest absolute Gasteiger partial charge is 0.492 e. The van der Waals surface area contributed by atoms with E-state index in [9.17, 15) is 4.39 Å². The summed E-state index contributed by atoms with van der Waals surface area (Å²) in [6.45, 7) is 3.57. The second kappa shape index (κ2) is 5.83. The van der Waals surface area contributed by atoms with Gasteiger partial charge in [-0.3, -0.25) is 0 Å². The summed E-state index contributed by atoms with van der Waals surface area (Å²) in [5, 5.41) is 3.41. The van der Waals surface area contributed by atoms with Crippen LogP contribution in [0.5, 0.6) is 5.75 Å². The molecule has 1 aromatic rings. The standard InChI is InChI=1S/C13H17BrFNO/c1-9(10-2-3-10)16-6-7-17-11-4-5-12(14)13(15)8-11/h4-5,8-10,16H,2-3,6-7H2,1H3. The predicted molar refractivity (Wildman–Crippen MR) is 69.8 cm³/mol. The van der Waals surface area contributed by atoms with Gasteiger partial charge in [-0.15, -0.1) is 0 Å². The van der Waals surface area contributed by atoms with E-state index in [1.807, 2.05) is 0 Å². The average Bonchev–Trinajstić information content (AvgIpc) is 3.13. The average molecular weight is 302 g/mol. The maximum absolute atomic E-state index is 13.2. The molecular formula is C13H17BrFNO. The second-order valence-electron chi connectivity index (χ2n) is 4.50. The van der Waals surface area contributed by atoms with Crippen LogP contribution in [-0.4, -0.2) is 19.2 Å². The van der Waals surface area contributed by atoms with E-state index in [-0.39, 0.29) is 5.82 Å². The predicted octanol–water partition coefficient (Wildman–Crippen LogP) is 3.36. The Bertz CT molecular complexity index is 382. The van der Waals surface area contributed by atoms with Crippen molar-refractivity contribution in [3.05, 3.63) is 28.5 Å². The van der Waals surface area contributed by atoms with Gasteiger partial charge in [-0.05, 0) is 53.7 Å². The molecule has 1 fully saturated rings. The Morgan fingerprint density at radius 2 is 2.29 bits per heavy atom. The van der Waals surface area contributed by atoms with Crippen LogP contribution in [0.4, 0.5) is 4.39 Å². The Labute approximate surface area is 110 Å². The third-order valence-corrected chi connectivity index (χ3v) is 3.70. The van der Waals surface area contributed by atoms with E-state index in [4.69, 9.17) is 4.74 Å². The van der Waals surface area contributed by atoms with Crippen molar-refractivity contribution in [2.75, 3.05) is 13.2 Å². The lowest BCUT2D eigenvalue weighted by Crippen LogP contribution is -2.31. The first-order chi connectivity index (χ1) is 8.16. The molecule has 0 spiro atoms. The number of halogens is 2. The minimum Gasteiger partial charge on any atom is -0.492 e. The molecule has 0 radical (unpaired) electrons. The Balaban J connectivity index is 1.68. The topological polar surface area (TPSA) is 21.3 Å². The lowest BCUT2D eigenvalue weighted by molar-refractivity contribution is 0.302. The van der Waals surface area contributed by atoms with Gasteiger partial charge in [0.05, 0.1) is 4.47 Å². The fraction of sp³-hybridized carbons (Fsp3) is 0.538. The molecule has 17 heavy (non-hydrogen) atoms. The van der Waals surface area contributed by atoms with Crippen molar-refractivity contribution >= 4 is 15.9 Å². The fourth-order valence-electron chi connectivity index (χ4n) is 1.79. The molecule has 4 heteroatoms. The van der Waals surface area contributed by atoms with E-state index in [0.717, 1.165) is 12.5 Å². The third-order valence-electron chi connectivity index (χ3n) is 3.06. The number of hydrogen-bond acceptors (Lipinski definition) is 2. The van der Waals surface area contributed by atoms with Crippen LogP contribution in [0.3, 0.4) is 0 Å². The van der Waals surface area contributed by atoms with Crippen LogP contribution in [-0.2, 0) is 0 Å². The highest BCUT2D eigenvalue weighted by molar-refractivity contribution is 9.10. The summed E-state index contributed by atoms with van der Waals surface area (Å²) in [5.74, 6) is 1.13. The van der Waals surface area contributed by atoms with Crippen molar-refractivity contribution in [3.63, 3.8) is 0 Å². The first kappa shape index (κ1) is 12.8. The molecule has 1 N–H and O–H groups in total. The van der Waals surface area contributed by atoms with Gasteiger partial charge in [-0.25, -0.2) is 4.39 Å². The SMILES string of the molecule is CC(NCCOc1ccc(Br)c(F)c1)C1CC1. The molecule has 1 atom stereocenters. The summed E-state index contributed by atoms with van der Waals surface area (Å²) in [5.41, 5.74) is 0. The maximum atomic E-state index is 13.2. The molecule has 2 rings (SSSR count). The van der Waals surface area contributed by atoms with Crippen LogP contribution < -0.4 is 10.1 Å². The number of hydrogen-bond donors (Lipinski definition) is 1. The number of rotatable bonds is 6. The lowest BCUT2D eigenvalue weighted by atomic mass is 10.2. The van der Waals surface area contributed by atoms with Gasteiger partial charge in [0.25, 0.3) is 0 Å². The monoisotopic (exact) mass is 301 g/mol. The van der Waals surface area contributed by atoms with E-state index in [1.54, 1.807) is 12.1 Å². The maximum Gasteiger partial charge on any atom is 0.141 e. The second-order valence-corrected chi connectivity index (χ2v) is 5.36. The molecule has 1 aliphatic carbocycles. The molecule has 0 bridgehead atoms. The van der Waals surface area contributed by atoms with Gasteiger partial charge in [0, 0.05) is 18.7 Å². The van der Waals surface area contributed by atoms with Crippen LogP contribution >= 0.6 is 15.9 Å². The van der Waals surface area contributed by atoms with Gasteiger partial charge >= 0.3 is 0 Å². The summed E-state index contributed by atoms with van der Waals surface area (Å²) in [7, 11) is 0. The van der Waals surface area contributed by atoms with Crippen molar-refractivity contribution in [3.8, 4) is 5.75 Å². The third kappa shape index (κ3) is 3.96. The summed E-state index contributed by atoms with van der Waals surface area (Å²) >= 11 is 3.11. The smallest absolute Gasteiger partial charge is 0.141 e. The van der Waals surface area contributed by atoms with Crippen LogP contribution in [0, 0.1) is 11.7 Å². The van der Waals surface area contributed by atoms with Gasteiger partial charge in [0.2, 0.25) is 0 Å². The summed E-state index contributed by atoms with van der Waals surface area (Å²) in [4.78, 5) is 0. The molecule has 0 saturated heterocycles. The number of benzene rings is 1. The van der Waals surface area contributed by atoms with E-state index < -0.39 is 0 Å². The molecule has 0 heterocycles. The Hall–Kier alpha value is -0.610. The highest BCUT2D eigenvalue weighted by Gasteiger charge is 2.27. The van der Waals surface area contributed by atoms with E-state index >= 15 is 0 Å². The zero-order chi connectivity index (χ0) is 12.3. The van der Waals surface area contributed by atoms with Gasteiger partial charge < -0.3 is 10.1 Å². The molecule has 94 valence electrons.